The van der Waals surface area contributed by atoms with Crippen molar-refractivity contribution in [2.45, 2.75) is 33.1 Å². The third-order valence-electron chi connectivity index (χ3n) is 3.79. The molecule has 3 aromatic rings. The standard InChI is InChI=1S/C19H20/c1-13-11-15-10-9-14-7-5-6-8-16(14)18(15)17(12-13)19(2,3)4/h5-12H,1-4H3. The Kier molecular flexibility index (Phi) is 2.63. The van der Waals surface area contributed by atoms with Crippen molar-refractivity contribution >= 4 is 21.5 Å². The fourth-order valence-corrected chi connectivity index (χ4v) is 2.89. The first kappa shape index (κ1) is 12.2. The van der Waals surface area contributed by atoms with E-state index in [2.05, 4.69) is 76.2 Å². The predicted octanol–water partition coefficient (Wildman–Crippen LogP) is 5.60. The molecular weight excluding hydrogens is 228 g/mol. The van der Waals surface area contributed by atoms with Crippen LogP contribution in [0.5, 0.6) is 0 Å². The normalized spacial score (nSPS) is 12.2. The maximum atomic E-state index is 2.34. The quantitative estimate of drug-likeness (QED) is 0.454. The Balaban J connectivity index is 2.56. The minimum Gasteiger partial charge on any atom is -0.0616 e. The lowest BCUT2D eigenvalue weighted by atomic mass is 9.81. The van der Waals surface area contributed by atoms with Gasteiger partial charge >= 0.3 is 0 Å². The molecule has 0 nitrogen and oxygen atoms in total. The van der Waals surface area contributed by atoms with Crippen LogP contribution in [0.25, 0.3) is 21.5 Å². The van der Waals surface area contributed by atoms with E-state index in [1.54, 1.807) is 0 Å². The molecule has 0 bridgehead atoms. The van der Waals surface area contributed by atoms with Crippen molar-refractivity contribution in [3.63, 3.8) is 0 Å². The van der Waals surface area contributed by atoms with Gasteiger partial charge in [0.15, 0.2) is 0 Å². The number of aryl methyl sites for hydroxylation is 1. The Bertz CT molecular complexity index is 758. The number of hydrogen-bond acceptors (Lipinski definition) is 0. The number of rotatable bonds is 0. The van der Waals surface area contributed by atoms with E-state index in [1.807, 2.05) is 0 Å². The van der Waals surface area contributed by atoms with Crippen molar-refractivity contribution in [2.75, 3.05) is 0 Å². The van der Waals surface area contributed by atoms with E-state index in [9.17, 15) is 0 Å². The Morgan fingerprint density at radius 3 is 2.21 bits per heavy atom. The molecule has 0 atom stereocenters. The van der Waals surface area contributed by atoms with Crippen molar-refractivity contribution in [1.82, 2.24) is 0 Å². The van der Waals surface area contributed by atoms with Gasteiger partial charge in [0.1, 0.15) is 0 Å². The second kappa shape index (κ2) is 4.09. The molecule has 0 aliphatic rings. The second-order valence-corrected chi connectivity index (χ2v) is 6.45. The molecule has 3 rings (SSSR count). The van der Waals surface area contributed by atoms with Crippen LogP contribution in [0.2, 0.25) is 0 Å². The Labute approximate surface area is 115 Å². The Morgan fingerprint density at radius 1 is 0.789 bits per heavy atom. The minimum absolute atomic E-state index is 0.161. The lowest BCUT2D eigenvalue weighted by Crippen LogP contribution is -2.12. The fraction of sp³-hybridized carbons (Fsp3) is 0.263. The monoisotopic (exact) mass is 248 g/mol. The summed E-state index contributed by atoms with van der Waals surface area (Å²) in [5, 5.41) is 5.45. The molecule has 0 aliphatic heterocycles. The zero-order chi connectivity index (χ0) is 13.6. The average Bonchev–Trinajstić information content (AvgIpc) is 2.36. The lowest BCUT2D eigenvalue weighted by Gasteiger charge is -2.23. The molecule has 19 heavy (non-hydrogen) atoms. The molecule has 96 valence electrons. The molecule has 3 aromatic carbocycles. The first-order chi connectivity index (χ1) is 8.97. The molecule has 0 heterocycles. The maximum absolute atomic E-state index is 2.34. The van der Waals surface area contributed by atoms with Gasteiger partial charge in [-0.05, 0) is 39.4 Å². The van der Waals surface area contributed by atoms with Crippen LogP contribution in [-0.4, -0.2) is 0 Å². The van der Waals surface area contributed by atoms with Gasteiger partial charge in [-0.1, -0.05) is 74.9 Å². The highest BCUT2D eigenvalue weighted by Crippen LogP contribution is 2.35. The van der Waals surface area contributed by atoms with E-state index in [0.717, 1.165) is 0 Å². The molecule has 0 saturated carbocycles. The van der Waals surface area contributed by atoms with E-state index >= 15 is 0 Å². The van der Waals surface area contributed by atoms with Gasteiger partial charge in [0.05, 0.1) is 0 Å². The minimum atomic E-state index is 0.161. The van der Waals surface area contributed by atoms with Crippen LogP contribution in [0.3, 0.4) is 0 Å². The van der Waals surface area contributed by atoms with Gasteiger partial charge in [0, 0.05) is 0 Å². The van der Waals surface area contributed by atoms with Crippen molar-refractivity contribution < 1.29 is 0 Å². The van der Waals surface area contributed by atoms with Gasteiger partial charge in [-0.25, -0.2) is 0 Å². The van der Waals surface area contributed by atoms with Crippen LogP contribution in [0.4, 0.5) is 0 Å². The first-order valence-corrected chi connectivity index (χ1v) is 6.89. The van der Waals surface area contributed by atoms with E-state index in [0.29, 0.717) is 0 Å². The number of hydrogen-bond donors (Lipinski definition) is 0. The van der Waals surface area contributed by atoms with Gasteiger partial charge < -0.3 is 0 Å². The molecule has 0 fully saturated rings. The molecule has 0 unspecified atom stereocenters. The summed E-state index contributed by atoms with van der Waals surface area (Å²) in [5.41, 5.74) is 2.95. The van der Waals surface area contributed by atoms with Crippen LogP contribution in [-0.2, 0) is 5.41 Å². The lowest BCUT2D eigenvalue weighted by molar-refractivity contribution is 0.596. The van der Waals surface area contributed by atoms with Crippen LogP contribution in [0.15, 0.2) is 48.5 Å². The number of benzene rings is 3. The molecular formula is C19H20. The van der Waals surface area contributed by atoms with E-state index in [4.69, 9.17) is 0 Å². The summed E-state index contributed by atoms with van der Waals surface area (Å²) >= 11 is 0. The zero-order valence-electron chi connectivity index (χ0n) is 12.1. The largest absolute Gasteiger partial charge is 0.0616 e. The molecule has 0 aliphatic carbocycles. The molecule has 0 amide bonds. The molecule has 0 heteroatoms. The van der Waals surface area contributed by atoms with Crippen molar-refractivity contribution in [2.24, 2.45) is 0 Å². The number of fused-ring (bicyclic) bond motifs is 3. The molecule has 0 radical (unpaired) electrons. The topological polar surface area (TPSA) is 0 Å². The third kappa shape index (κ3) is 2.02. The van der Waals surface area contributed by atoms with E-state index in [1.165, 1.54) is 32.7 Å². The van der Waals surface area contributed by atoms with E-state index in [-0.39, 0.29) is 5.41 Å². The summed E-state index contributed by atoms with van der Waals surface area (Å²) in [6.45, 7) is 9.07. The summed E-state index contributed by atoms with van der Waals surface area (Å²) in [7, 11) is 0. The predicted molar refractivity (Wildman–Crippen MR) is 84.9 cm³/mol. The molecule has 0 N–H and O–H groups in total. The summed E-state index contributed by atoms with van der Waals surface area (Å²) in [6.07, 6.45) is 0. The molecule has 0 aromatic heterocycles. The Hall–Kier alpha value is -1.82. The summed E-state index contributed by atoms with van der Waals surface area (Å²) in [6, 6.07) is 17.8. The van der Waals surface area contributed by atoms with Crippen LogP contribution in [0, 0.1) is 6.92 Å². The SMILES string of the molecule is Cc1cc(C(C)(C)C)c2c(ccc3ccccc32)c1. The van der Waals surface area contributed by atoms with Gasteiger partial charge in [-0.2, -0.15) is 0 Å². The van der Waals surface area contributed by atoms with Crippen LogP contribution in [0.1, 0.15) is 31.9 Å². The third-order valence-corrected chi connectivity index (χ3v) is 3.79. The summed E-state index contributed by atoms with van der Waals surface area (Å²) in [5.74, 6) is 0. The van der Waals surface area contributed by atoms with Gasteiger partial charge in [-0.3, -0.25) is 0 Å². The maximum Gasteiger partial charge on any atom is -0.00678 e. The first-order valence-electron chi connectivity index (χ1n) is 6.89. The smallest absolute Gasteiger partial charge is 0.00678 e. The summed E-state index contributed by atoms with van der Waals surface area (Å²) < 4.78 is 0. The fourth-order valence-electron chi connectivity index (χ4n) is 2.89. The Morgan fingerprint density at radius 2 is 1.47 bits per heavy atom. The highest BCUT2D eigenvalue weighted by Gasteiger charge is 2.18. The molecule has 0 saturated heterocycles. The second-order valence-electron chi connectivity index (χ2n) is 6.45. The zero-order valence-corrected chi connectivity index (χ0v) is 12.1. The van der Waals surface area contributed by atoms with Crippen LogP contribution < -0.4 is 0 Å². The highest BCUT2D eigenvalue weighted by molar-refractivity contribution is 6.09. The van der Waals surface area contributed by atoms with Crippen LogP contribution >= 0.6 is 0 Å². The van der Waals surface area contributed by atoms with Crippen molar-refractivity contribution in [3.05, 3.63) is 59.7 Å². The summed E-state index contributed by atoms with van der Waals surface area (Å²) in [4.78, 5) is 0. The highest BCUT2D eigenvalue weighted by atomic mass is 14.2. The molecule has 0 spiro atoms. The van der Waals surface area contributed by atoms with E-state index < -0.39 is 0 Å². The van der Waals surface area contributed by atoms with Crippen molar-refractivity contribution in [3.8, 4) is 0 Å². The van der Waals surface area contributed by atoms with Crippen molar-refractivity contribution in [1.29, 1.82) is 0 Å². The average molecular weight is 248 g/mol. The van der Waals surface area contributed by atoms with Gasteiger partial charge in [0.25, 0.3) is 0 Å². The van der Waals surface area contributed by atoms with Gasteiger partial charge in [-0.15, -0.1) is 0 Å². The van der Waals surface area contributed by atoms with Gasteiger partial charge in [0.2, 0.25) is 0 Å².